The van der Waals surface area contributed by atoms with E-state index in [1.807, 2.05) is 61.5 Å². The molecule has 3 rings (SSSR count). The molecular weight excluding hydrogens is 386 g/mol. The van der Waals surface area contributed by atoms with E-state index >= 15 is 0 Å². The second-order valence-electron chi connectivity index (χ2n) is 6.52. The SMILES string of the molecule is COc1cccc(CNC(=O)Cc2cc(=O)[nH]c(SC(C)c3ccccc3)n2)c1. The summed E-state index contributed by atoms with van der Waals surface area (Å²) in [5.41, 5.74) is 2.25. The summed E-state index contributed by atoms with van der Waals surface area (Å²) in [7, 11) is 1.60. The van der Waals surface area contributed by atoms with Crippen molar-refractivity contribution in [2.75, 3.05) is 7.11 Å². The molecule has 0 radical (unpaired) electrons. The van der Waals surface area contributed by atoms with Gasteiger partial charge in [-0.2, -0.15) is 0 Å². The van der Waals surface area contributed by atoms with Crippen LogP contribution in [0.15, 0.2) is 70.6 Å². The average molecular weight is 410 g/mol. The number of carbonyl (C=O) groups is 1. The summed E-state index contributed by atoms with van der Waals surface area (Å²) in [5, 5.41) is 3.48. The summed E-state index contributed by atoms with van der Waals surface area (Å²) in [4.78, 5) is 31.5. The second-order valence-corrected chi connectivity index (χ2v) is 7.85. The van der Waals surface area contributed by atoms with E-state index in [0.717, 1.165) is 16.9 Å². The Hall–Kier alpha value is -3.06. The van der Waals surface area contributed by atoms with Crippen LogP contribution >= 0.6 is 11.8 Å². The Balaban J connectivity index is 1.61. The average Bonchev–Trinajstić information content (AvgIpc) is 2.72. The molecule has 0 saturated heterocycles. The minimum absolute atomic E-state index is 0.0428. The van der Waals surface area contributed by atoms with E-state index in [-0.39, 0.29) is 23.1 Å². The summed E-state index contributed by atoms with van der Waals surface area (Å²) in [5.74, 6) is 0.542. The predicted molar refractivity (Wildman–Crippen MR) is 114 cm³/mol. The zero-order valence-corrected chi connectivity index (χ0v) is 17.2. The molecule has 150 valence electrons. The number of hydrogen-bond donors (Lipinski definition) is 2. The zero-order valence-electron chi connectivity index (χ0n) is 16.3. The molecule has 1 heterocycles. The van der Waals surface area contributed by atoms with Crippen molar-refractivity contribution in [3.8, 4) is 5.75 Å². The van der Waals surface area contributed by atoms with Crippen LogP contribution in [-0.4, -0.2) is 23.0 Å². The van der Waals surface area contributed by atoms with Crippen molar-refractivity contribution < 1.29 is 9.53 Å². The van der Waals surface area contributed by atoms with Gasteiger partial charge in [-0.1, -0.05) is 54.2 Å². The summed E-state index contributed by atoms with van der Waals surface area (Å²) >= 11 is 1.45. The number of ether oxygens (including phenoxy) is 1. The van der Waals surface area contributed by atoms with Gasteiger partial charge in [0.2, 0.25) is 5.91 Å². The minimum atomic E-state index is -0.265. The number of nitrogens with one attached hydrogen (secondary N) is 2. The number of aromatic nitrogens is 2. The van der Waals surface area contributed by atoms with E-state index < -0.39 is 0 Å². The molecule has 1 atom stereocenters. The lowest BCUT2D eigenvalue weighted by Gasteiger charge is -2.11. The molecule has 6 nitrogen and oxygen atoms in total. The van der Waals surface area contributed by atoms with Gasteiger partial charge in [0.1, 0.15) is 5.75 Å². The Morgan fingerprint density at radius 3 is 2.72 bits per heavy atom. The fraction of sp³-hybridized carbons (Fsp3) is 0.227. The first-order chi connectivity index (χ1) is 14.0. The van der Waals surface area contributed by atoms with E-state index in [2.05, 4.69) is 15.3 Å². The van der Waals surface area contributed by atoms with Crippen LogP contribution in [0.4, 0.5) is 0 Å². The molecule has 1 aromatic heterocycles. The molecule has 29 heavy (non-hydrogen) atoms. The largest absolute Gasteiger partial charge is 0.497 e. The molecule has 0 bridgehead atoms. The molecule has 0 fully saturated rings. The van der Waals surface area contributed by atoms with Crippen molar-refractivity contribution in [1.82, 2.24) is 15.3 Å². The molecule has 2 aromatic carbocycles. The molecule has 7 heteroatoms. The lowest BCUT2D eigenvalue weighted by Crippen LogP contribution is -2.25. The van der Waals surface area contributed by atoms with Gasteiger partial charge in [-0.05, 0) is 30.2 Å². The highest BCUT2D eigenvalue weighted by Crippen LogP contribution is 2.31. The third kappa shape index (κ3) is 6.22. The molecule has 1 amide bonds. The van der Waals surface area contributed by atoms with Crippen LogP contribution in [0, 0.1) is 0 Å². The summed E-state index contributed by atoms with van der Waals surface area (Å²) in [6.07, 6.45) is 0.0428. The topological polar surface area (TPSA) is 84.1 Å². The van der Waals surface area contributed by atoms with Crippen LogP contribution in [0.25, 0.3) is 0 Å². The van der Waals surface area contributed by atoms with Crippen molar-refractivity contribution >= 4 is 17.7 Å². The van der Waals surface area contributed by atoms with Crippen LogP contribution in [0.1, 0.15) is 29.0 Å². The number of methoxy groups -OCH3 is 1. The highest BCUT2D eigenvalue weighted by molar-refractivity contribution is 7.99. The van der Waals surface area contributed by atoms with Gasteiger partial charge >= 0.3 is 0 Å². The number of hydrogen-bond acceptors (Lipinski definition) is 5. The van der Waals surface area contributed by atoms with Gasteiger partial charge in [0.05, 0.1) is 19.2 Å². The maximum atomic E-state index is 12.3. The molecule has 3 aromatic rings. The molecular formula is C22H23N3O3S. The fourth-order valence-corrected chi connectivity index (χ4v) is 3.76. The zero-order chi connectivity index (χ0) is 20.6. The van der Waals surface area contributed by atoms with E-state index in [1.165, 1.54) is 17.8 Å². The number of thioether (sulfide) groups is 1. The second kappa shape index (κ2) is 9.93. The van der Waals surface area contributed by atoms with Crippen molar-refractivity contribution in [2.24, 2.45) is 0 Å². The monoisotopic (exact) mass is 409 g/mol. The number of rotatable bonds is 8. The number of H-pyrrole nitrogens is 1. The van der Waals surface area contributed by atoms with Crippen molar-refractivity contribution in [3.63, 3.8) is 0 Å². The molecule has 0 aliphatic heterocycles. The highest BCUT2D eigenvalue weighted by Gasteiger charge is 2.12. The number of amides is 1. The van der Waals surface area contributed by atoms with Crippen LogP contribution in [0.2, 0.25) is 0 Å². The van der Waals surface area contributed by atoms with Gasteiger partial charge in [-0.15, -0.1) is 0 Å². The Morgan fingerprint density at radius 2 is 1.97 bits per heavy atom. The third-order valence-electron chi connectivity index (χ3n) is 4.30. The van der Waals surface area contributed by atoms with Crippen LogP contribution in [0.3, 0.4) is 0 Å². The maximum Gasteiger partial charge on any atom is 0.251 e. The molecule has 2 N–H and O–H groups in total. The quantitative estimate of drug-likeness (QED) is 0.439. The van der Waals surface area contributed by atoms with Crippen molar-refractivity contribution in [1.29, 1.82) is 0 Å². The predicted octanol–water partition coefficient (Wildman–Crippen LogP) is 3.49. The summed E-state index contributed by atoms with van der Waals surface area (Å²) in [6.45, 7) is 2.43. The van der Waals surface area contributed by atoms with Crippen molar-refractivity contribution in [3.05, 3.63) is 87.8 Å². The number of aromatic amines is 1. The van der Waals surface area contributed by atoms with Crippen LogP contribution < -0.4 is 15.6 Å². The molecule has 1 unspecified atom stereocenters. The Bertz CT molecular complexity index is 1020. The van der Waals surface area contributed by atoms with E-state index in [0.29, 0.717) is 17.4 Å². The molecule has 0 aliphatic rings. The first-order valence-corrected chi connectivity index (χ1v) is 10.1. The standard InChI is InChI=1S/C22H23N3O3S/c1-15(17-8-4-3-5-9-17)29-22-24-18(13-21(27)25-22)12-20(26)23-14-16-7-6-10-19(11-16)28-2/h3-11,13,15H,12,14H2,1-2H3,(H,23,26)(H,24,25,27). The number of carbonyl (C=O) groups excluding carboxylic acids is 1. The summed E-state index contributed by atoms with van der Waals surface area (Å²) in [6, 6.07) is 18.8. The first-order valence-electron chi connectivity index (χ1n) is 9.25. The normalized spacial score (nSPS) is 11.7. The van der Waals surface area contributed by atoms with Gasteiger partial charge in [-0.25, -0.2) is 4.98 Å². The minimum Gasteiger partial charge on any atom is -0.497 e. The fourth-order valence-electron chi connectivity index (χ4n) is 2.80. The van der Waals surface area contributed by atoms with Gasteiger partial charge < -0.3 is 15.0 Å². The smallest absolute Gasteiger partial charge is 0.251 e. The highest BCUT2D eigenvalue weighted by atomic mass is 32.2. The number of nitrogens with zero attached hydrogens (tertiary/aromatic N) is 1. The van der Waals surface area contributed by atoms with Crippen molar-refractivity contribution in [2.45, 2.75) is 30.3 Å². The lowest BCUT2D eigenvalue weighted by atomic mass is 10.2. The van der Waals surface area contributed by atoms with Crippen LogP contribution in [-0.2, 0) is 17.8 Å². The van der Waals surface area contributed by atoms with Gasteiger partial charge in [0.15, 0.2) is 5.16 Å². The Labute approximate surface area is 173 Å². The Kier molecular flexibility index (Phi) is 7.08. The van der Waals surface area contributed by atoms with Gasteiger partial charge in [0.25, 0.3) is 5.56 Å². The summed E-state index contributed by atoms with van der Waals surface area (Å²) < 4.78 is 5.18. The molecule has 0 saturated carbocycles. The molecule has 0 spiro atoms. The van der Waals surface area contributed by atoms with Gasteiger partial charge in [-0.3, -0.25) is 9.59 Å². The van der Waals surface area contributed by atoms with Gasteiger partial charge in [0, 0.05) is 17.9 Å². The lowest BCUT2D eigenvalue weighted by molar-refractivity contribution is -0.120. The van der Waals surface area contributed by atoms with E-state index in [4.69, 9.17) is 4.74 Å². The third-order valence-corrected chi connectivity index (χ3v) is 5.34. The molecule has 0 aliphatic carbocycles. The Morgan fingerprint density at radius 1 is 1.17 bits per heavy atom. The maximum absolute atomic E-state index is 12.3. The van der Waals surface area contributed by atoms with E-state index in [9.17, 15) is 9.59 Å². The van der Waals surface area contributed by atoms with E-state index in [1.54, 1.807) is 7.11 Å². The number of benzene rings is 2. The van der Waals surface area contributed by atoms with Crippen LogP contribution in [0.5, 0.6) is 5.75 Å². The first kappa shape index (κ1) is 20.7.